The Morgan fingerprint density at radius 2 is 1.61 bits per heavy atom. The maximum absolute atomic E-state index is 11.4. The first kappa shape index (κ1) is 23.2. The van der Waals surface area contributed by atoms with Gasteiger partial charge in [0.05, 0.1) is 5.41 Å². The van der Waals surface area contributed by atoms with Crippen LogP contribution in [0.2, 0.25) is 0 Å². The number of rotatable bonds is 7. The molecule has 0 unspecified atom stereocenters. The van der Waals surface area contributed by atoms with E-state index in [0.717, 1.165) is 19.4 Å². The van der Waals surface area contributed by atoms with Crippen LogP contribution in [0.15, 0.2) is 72.5 Å². The van der Waals surface area contributed by atoms with Crippen LogP contribution in [0.3, 0.4) is 0 Å². The number of carbonyl (C=O) groups excluding carboxylic acids is 1. The van der Waals surface area contributed by atoms with Gasteiger partial charge < -0.3 is 9.69 Å². The highest BCUT2D eigenvalue weighted by Crippen LogP contribution is 2.47. The third-order valence-electron chi connectivity index (χ3n) is 7.41. The Kier molecular flexibility index (Phi) is 6.18. The molecule has 2 heterocycles. The van der Waals surface area contributed by atoms with Crippen LogP contribution in [-0.4, -0.2) is 29.7 Å². The summed E-state index contributed by atoms with van der Waals surface area (Å²) in [5.41, 5.74) is 7.86. The van der Waals surface area contributed by atoms with Gasteiger partial charge in [0, 0.05) is 47.5 Å². The van der Waals surface area contributed by atoms with Crippen LogP contribution in [0, 0.1) is 0 Å². The lowest BCUT2D eigenvalue weighted by Gasteiger charge is -2.27. The van der Waals surface area contributed by atoms with Crippen LogP contribution in [0.25, 0.3) is 0 Å². The number of nitrogens with zero attached hydrogens (tertiary/aromatic N) is 2. The molecule has 3 nitrogen and oxygen atoms in total. The number of ketones is 1. The fraction of sp³-hybridized carbons (Fsp3) is 0.400. The Morgan fingerprint density at radius 3 is 2.30 bits per heavy atom. The highest BCUT2D eigenvalue weighted by Gasteiger charge is 2.43. The van der Waals surface area contributed by atoms with Gasteiger partial charge in [-0.1, -0.05) is 56.3 Å². The summed E-state index contributed by atoms with van der Waals surface area (Å²) >= 11 is 0. The first-order valence-corrected chi connectivity index (χ1v) is 12.1. The van der Waals surface area contributed by atoms with Crippen molar-refractivity contribution < 1.29 is 9.37 Å². The number of benzene rings is 2. The Balaban J connectivity index is 1.65. The second-order valence-electron chi connectivity index (χ2n) is 10.5. The van der Waals surface area contributed by atoms with Gasteiger partial charge in [-0.05, 0) is 51.3 Å². The van der Waals surface area contributed by atoms with Crippen molar-refractivity contribution in [2.45, 2.75) is 64.7 Å². The van der Waals surface area contributed by atoms with Gasteiger partial charge in [0.15, 0.2) is 5.71 Å². The Bertz CT molecular complexity index is 1160. The fourth-order valence-electron chi connectivity index (χ4n) is 5.56. The first-order chi connectivity index (χ1) is 15.7. The van der Waals surface area contributed by atoms with Crippen LogP contribution in [-0.2, 0) is 15.6 Å². The molecule has 0 aromatic heterocycles. The number of anilines is 1. The van der Waals surface area contributed by atoms with Crippen molar-refractivity contribution in [2.24, 2.45) is 0 Å². The van der Waals surface area contributed by atoms with Gasteiger partial charge in [0.2, 0.25) is 5.69 Å². The van der Waals surface area contributed by atoms with Crippen molar-refractivity contribution in [3.05, 3.63) is 83.6 Å². The number of hydrogen-bond acceptors (Lipinski definition) is 2. The average molecular weight is 442 g/mol. The molecule has 0 saturated carbocycles. The molecule has 172 valence electrons. The predicted octanol–water partition coefficient (Wildman–Crippen LogP) is 6.69. The second kappa shape index (κ2) is 8.78. The fourth-order valence-corrected chi connectivity index (χ4v) is 5.56. The highest BCUT2D eigenvalue weighted by molar-refractivity contribution is 6.03. The summed E-state index contributed by atoms with van der Waals surface area (Å²) in [6.07, 6.45) is 9.41. The smallest absolute Gasteiger partial charge is 0.209 e. The zero-order valence-electron chi connectivity index (χ0n) is 21.0. The zero-order valence-corrected chi connectivity index (χ0v) is 21.0. The zero-order chi connectivity index (χ0) is 23.8. The number of allylic oxidation sites excluding steroid dienone is 4. The van der Waals surface area contributed by atoms with Crippen LogP contribution in [0.4, 0.5) is 11.4 Å². The molecule has 0 aliphatic carbocycles. The summed E-state index contributed by atoms with van der Waals surface area (Å²) in [5.74, 6) is 0.275. The molecule has 0 amide bonds. The van der Waals surface area contributed by atoms with E-state index >= 15 is 0 Å². The maximum atomic E-state index is 11.4. The molecule has 2 aliphatic heterocycles. The normalized spacial score (nSPS) is 19.5. The third-order valence-corrected chi connectivity index (χ3v) is 7.41. The monoisotopic (exact) mass is 441 g/mol. The summed E-state index contributed by atoms with van der Waals surface area (Å²) in [6, 6.07) is 17.4. The Morgan fingerprint density at radius 1 is 0.939 bits per heavy atom. The molecule has 0 saturated heterocycles. The van der Waals surface area contributed by atoms with Crippen molar-refractivity contribution in [1.29, 1.82) is 0 Å². The molecule has 2 aliphatic rings. The van der Waals surface area contributed by atoms with Crippen molar-refractivity contribution in [2.75, 3.05) is 18.5 Å². The Labute approximate surface area is 199 Å². The molecule has 4 rings (SSSR count). The van der Waals surface area contributed by atoms with Crippen molar-refractivity contribution >= 4 is 22.9 Å². The number of para-hydroxylation sites is 2. The van der Waals surface area contributed by atoms with E-state index in [1.165, 1.54) is 33.9 Å². The van der Waals surface area contributed by atoms with E-state index in [1.54, 1.807) is 6.92 Å². The summed E-state index contributed by atoms with van der Waals surface area (Å²) in [4.78, 5) is 13.9. The van der Waals surface area contributed by atoms with Gasteiger partial charge in [-0.15, -0.1) is 0 Å². The third kappa shape index (κ3) is 4.10. The molecule has 0 radical (unpaired) electrons. The molecule has 0 atom stereocenters. The number of fused-ring (bicyclic) bond motifs is 2. The van der Waals surface area contributed by atoms with E-state index in [9.17, 15) is 4.79 Å². The van der Waals surface area contributed by atoms with Crippen LogP contribution < -0.4 is 4.90 Å². The second-order valence-corrected chi connectivity index (χ2v) is 10.5. The molecule has 3 heteroatoms. The number of Topliss-reactive ketones (excluding diaryl/α,β-unsaturated/α-hetero) is 1. The molecule has 2 aromatic rings. The quantitative estimate of drug-likeness (QED) is 0.353. The van der Waals surface area contributed by atoms with E-state index in [0.29, 0.717) is 6.42 Å². The standard InChI is InChI=1S/C30H37N2O/c1-22(33)14-11-12-21-32-26-18-10-8-16-24(26)30(4,5)28(32)20-13-19-27-29(2,3)23-15-7-9-17-25(23)31(27)6/h7-10,13,15-20H,11-12,14,21H2,1-6H3/q+1. The van der Waals surface area contributed by atoms with Gasteiger partial charge in [-0.3, -0.25) is 0 Å². The van der Waals surface area contributed by atoms with Gasteiger partial charge >= 0.3 is 0 Å². The van der Waals surface area contributed by atoms with Crippen LogP contribution in [0.5, 0.6) is 0 Å². The SMILES string of the molecule is CC(=O)CCCCN1/C(=C\C=C\C2=[N+](C)c3ccccc3C2(C)C)C(C)(C)c2ccccc21. The molecule has 0 bridgehead atoms. The van der Waals surface area contributed by atoms with Gasteiger partial charge in [0.25, 0.3) is 0 Å². The summed E-state index contributed by atoms with van der Waals surface area (Å²) in [7, 11) is 2.16. The minimum absolute atomic E-state index is 0.0269. The van der Waals surface area contributed by atoms with Crippen LogP contribution >= 0.6 is 0 Å². The molecule has 33 heavy (non-hydrogen) atoms. The average Bonchev–Trinajstić information content (AvgIpc) is 3.11. The van der Waals surface area contributed by atoms with E-state index < -0.39 is 0 Å². The molecule has 0 N–H and O–H groups in total. The van der Waals surface area contributed by atoms with Crippen molar-refractivity contribution in [3.8, 4) is 0 Å². The minimum Gasteiger partial charge on any atom is -0.344 e. The van der Waals surface area contributed by atoms with Gasteiger partial charge in [0.1, 0.15) is 12.8 Å². The van der Waals surface area contributed by atoms with Gasteiger partial charge in [-0.25, -0.2) is 0 Å². The largest absolute Gasteiger partial charge is 0.344 e. The predicted molar refractivity (Wildman–Crippen MR) is 139 cm³/mol. The van der Waals surface area contributed by atoms with E-state index in [1.807, 2.05) is 0 Å². The van der Waals surface area contributed by atoms with E-state index in [-0.39, 0.29) is 16.6 Å². The molecular formula is C30H37N2O+. The van der Waals surface area contributed by atoms with E-state index in [4.69, 9.17) is 0 Å². The minimum atomic E-state index is -0.0633. The number of unbranched alkanes of at least 4 members (excludes halogenated alkanes) is 1. The molecule has 2 aromatic carbocycles. The molecular weight excluding hydrogens is 404 g/mol. The molecule has 0 spiro atoms. The maximum Gasteiger partial charge on any atom is 0.209 e. The Hall–Kier alpha value is -2.94. The van der Waals surface area contributed by atoms with Crippen LogP contribution in [0.1, 0.15) is 65.0 Å². The van der Waals surface area contributed by atoms with Crippen molar-refractivity contribution in [3.63, 3.8) is 0 Å². The van der Waals surface area contributed by atoms with E-state index in [2.05, 4.69) is 111 Å². The summed E-state index contributed by atoms with van der Waals surface area (Å²) < 4.78 is 2.32. The lowest BCUT2D eigenvalue weighted by Crippen LogP contribution is -2.27. The molecule has 0 fully saturated rings. The summed E-state index contributed by atoms with van der Waals surface area (Å²) in [5, 5.41) is 0. The lowest BCUT2D eigenvalue weighted by molar-refractivity contribution is -0.401. The highest BCUT2D eigenvalue weighted by atomic mass is 16.1. The lowest BCUT2D eigenvalue weighted by atomic mass is 9.81. The van der Waals surface area contributed by atoms with Gasteiger partial charge in [-0.2, -0.15) is 4.58 Å². The number of carbonyl (C=O) groups is 1. The first-order valence-electron chi connectivity index (χ1n) is 12.1. The van der Waals surface area contributed by atoms with Crippen molar-refractivity contribution in [1.82, 2.24) is 0 Å². The topological polar surface area (TPSA) is 23.3 Å². The summed E-state index contributed by atoms with van der Waals surface area (Å²) in [6.45, 7) is 11.9. The number of hydrogen-bond donors (Lipinski definition) is 0.